The van der Waals surface area contributed by atoms with Crippen molar-refractivity contribution in [1.82, 2.24) is 25.1 Å². The van der Waals surface area contributed by atoms with Crippen LogP contribution in [0.5, 0.6) is 0 Å². The quantitative estimate of drug-likeness (QED) is 0.887. The van der Waals surface area contributed by atoms with E-state index < -0.39 is 0 Å². The van der Waals surface area contributed by atoms with Crippen LogP contribution in [0.15, 0.2) is 6.20 Å². The van der Waals surface area contributed by atoms with Gasteiger partial charge in [-0.2, -0.15) is 5.10 Å². The summed E-state index contributed by atoms with van der Waals surface area (Å²) in [5, 5.41) is 10.9. The smallest absolute Gasteiger partial charge is 0.323 e. The predicted octanol–water partition coefficient (Wildman–Crippen LogP) is 3.36. The molecule has 2 amide bonds. The number of aromatic nitrogens is 4. The molecule has 1 fully saturated rings. The van der Waals surface area contributed by atoms with E-state index in [-0.39, 0.29) is 6.03 Å². The van der Waals surface area contributed by atoms with E-state index >= 15 is 0 Å². The second-order valence-electron chi connectivity index (χ2n) is 6.41. The molecular formula is C16H24N6OS. The first-order valence-corrected chi connectivity index (χ1v) is 9.31. The molecule has 0 aromatic carbocycles. The zero-order valence-electron chi connectivity index (χ0n) is 14.4. The highest BCUT2D eigenvalue weighted by Gasteiger charge is 2.26. The third-order valence-corrected chi connectivity index (χ3v) is 5.55. The topological polar surface area (TPSA) is 86.8 Å². The Morgan fingerprint density at radius 1 is 1.46 bits per heavy atom. The molecule has 0 aliphatic carbocycles. The molecule has 1 saturated heterocycles. The van der Waals surface area contributed by atoms with E-state index in [4.69, 9.17) is 0 Å². The molecule has 2 N–H and O–H groups in total. The minimum Gasteiger partial charge on any atom is -0.324 e. The lowest BCUT2D eigenvalue weighted by molar-refractivity contribution is 0.193. The summed E-state index contributed by atoms with van der Waals surface area (Å²) in [5.41, 5.74) is 0. The van der Waals surface area contributed by atoms with E-state index in [1.54, 1.807) is 11.3 Å². The molecule has 0 bridgehead atoms. The summed E-state index contributed by atoms with van der Waals surface area (Å²) in [5.74, 6) is 2.57. The summed E-state index contributed by atoms with van der Waals surface area (Å²) in [7, 11) is 0. The molecule has 2 aromatic heterocycles. The summed E-state index contributed by atoms with van der Waals surface area (Å²) >= 11 is 1.54. The summed E-state index contributed by atoms with van der Waals surface area (Å²) in [6.07, 6.45) is 4.49. The summed E-state index contributed by atoms with van der Waals surface area (Å²) in [6.45, 7) is 7.73. The number of H-pyrrole nitrogens is 1. The molecule has 2 aromatic rings. The number of carbonyl (C=O) groups excluding carboxylic acids is 1. The van der Waals surface area contributed by atoms with Crippen LogP contribution in [0, 0.1) is 0 Å². The molecule has 1 aliphatic rings. The first-order valence-electron chi connectivity index (χ1n) is 8.49. The SMILES string of the molecule is CCc1nc(C2CCN(C(=O)Nc3ncc(C(C)C)s3)CC2)n[nH]1. The number of nitrogens with one attached hydrogen (secondary N) is 2. The highest BCUT2D eigenvalue weighted by Crippen LogP contribution is 2.28. The summed E-state index contributed by atoms with van der Waals surface area (Å²) in [6, 6.07) is -0.0673. The van der Waals surface area contributed by atoms with Gasteiger partial charge in [-0.05, 0) is 18.8 Å². The number of carbonyl (C=O) groups is 1. The van der Waals surface area contributed by atoms with Crippen LogP contribution in [-0.4, -0.2) is 44.2 Å². The van der Waals surface area contributed by atoms with Crippen molar-refractivity contribution in [3.05, 3.63) is 22.7 Å². The third-order valence-electron chi connectivity index (χ3n) is 4.34. The Bertz CT molecular complexity index is 686. The number of rotatable bonds is 4. The first kappa shape index (κ1) is 16.9. The average Bonchev–Trinajstić information content (AvgIpc) is 3.24. The van der Waals surface area contributed by atoms with Gasteiger partial charge in [0.2, 0.25) is 0 Å². The van der Waals surface area contributed by atoms with E-state index in [1.165, 1.54) is 4.88 Å². The normalized spacial score (nSPS) is 15.9. The molecule has 0 spiro atoms. The van der Waals surface area contributed by atoms with Crippen LogP contribution >= 0.6 is 11.3 Å². The van der Waals surface area contributed by atoms with Crippen LogP contribution in [0.4, 0.5) is 9.93 Å². The number of aryl methyl sites for hydroxylation is 1. The fourth-order valence-corrected chi connectivity index (χ4v) is 3.58. The molecular weight excluding hydrogens is 324 g/mol. The van der Waals surface area contributed by atoms with Crippen LogP contribution in [0.2, 0.25) is 0 Å². The van der Waals surface area contributed by atoms with Gasteiger partial charge in [0.05, 0.1) is 0 Å². The molecule has 0 atom stereocenters. The number of nitrogens with zero attached hydrogens (tertiary/aromatic N) is 4. The monoisotopic (exact) mass is 348 g/mol. The molecule has 8 heteroatoms. The van der Waals surface area contributed by atoms with Crippen molar-refractivity contribution in [2.75, 3.05) is 18.4 Å². The van der Waals surface area contributed by atoms with Crippen LogP contribution < -0.4 is 5.32 Å². The van der Waals surface area contributed by atoms with Crippen molar-refractivity contribution in [1.29, 1.82) is 0 Å². The Hall–Kier alpha value is -1.96. The number of urea groups is 1. The lowest BCUT2D eigenvalue weighted by Gasteiger charge is -2.30. The first-order chi connectivity index (χ1) is 11.6. The fraction of sp³-hybridized carbons (Fsp3) is 0.625. The van der Waals surface area contributed by atoms with Gasteiger partial charge in [-0.1, -0.05) is 20.8 Å². The lowest BCUT2D eigenvalue weighted by atomic mass is 9.96. The van der Waals surface area contributed by atoms with E-state index in [2.05, 4.69) is 46.3 Å². The van der Waals surface area contributed by atoms with E-state index in [9.17, 15) is 4.79 Å². The van der Waals surface area contributed by atoms with Gasteiger partial charge >= 0.3 is 6.03 Å². The minimum absolute atomic E-state index is 0.0673. The second-order valence-corrected chi connectivity index (χ2v) is 7.47. The van der Waals surface area contributed by atoms with Gasteiger partial charge in [0, 0.05) is 36.5 Å². The van der Waals surface area contributed by atoms with Crippen LogP contribution in [-0.2, 0) is 6.42 Å². The Kier molecular flexibility index (Phi) is 5.13. The predicted molar refractivity (Wildman–Crippen MR) is 94.5 cm³/mol. The highest BCUT2D eigenvalue weighted by atomic mass is 32.1. The zero-order chi connectivity index (χ0) is 17.1. The van der Waals surface area contributed by atoms with Gasteiger partial charge in [-0.3, -0.25) is 10.4 Å². The number of hydrogen-bond acceptors (Lipinski definition) is 5. The number of piperidine rings is 1. The molecule has 3 rings (SSSR count). The fourth-order valence-electron chi connectivity index (χ4n) is 2.77. The van der Waals surface area contributed by atoms with Crippen molar-refractivity contribution in [3.63, 3.8) is 0 Å². The zero-order valence-corrected chi connectivity index (χ0v) is 15.2. The van der Waals surface area contributed by atoms with Gasteiger partial charge in [0.15, 0.2) is 11.0 Å². The van der Waals surface area contributed by atoms with Crippen molar-refractivity contribution in [2.45, 2.75) is 51.9 Å². The van der Waals surface area contributed by atoms with Gasteiger partial charge in [-0.15, -0.1) is 11.3 Å². The molecule has 1 aliphatic heterocycles. The number of hydrogen-bond donors (Lipinski definition) is 2. The molecule has 0 saturated carbocycles. The molecule has 24 heavy (non-hydrogen) atoms. The maximum atomic E-state index is 12.4. The maximum absolute atomic E-state index is 12.4. The number of thiazole rings is 1. The maximum Gasteiger partial charge on any atom is 0.323 e. The number of likely N-dealkylation sites (tertiary alicyclic amines) is 1. The Balaban J connectivity index is 1.52. The van der Waals surface area contributed by atoms with Crippen molar-refractivity contribution in [3.8, 4) is 0 Å². The van der Waals surface area contributed by atoms with Crippen LogP contribution in [0.3, 0.4) is 0 Å². The minimum atomic E-state index is -0.0673. The van der Waals surface area contributed by atoms with Gasteiger partial charge in [0.25, 0.3) is 0 Å². The molecule has 0 unspecified atom stereocenters. The van der Waals surface area contributed by atoms with Crippen molar-refractivity contribution in [2.24, 2.45) is 0 Å². The Labute approximate surface area is 145 Å². The van der Waals surface area contributed by atoms with Crippen molar-refractivity contribution >= 4 is 22.5 Å². The number of anilines is 1. The Morgan fingerprint density at radius 2 is 2.21 bits per heavy atom. The van der Waals surface area contributed by atoms with Crippen LogP contribution in [0.25, 0.3) is 0 Å². The van der Waals surface area contributed by atoms with Gasteiger partial charge < -0.3 is 4.90 Å². The largest absolute Gasteiger partial charge is 0.324 e. The summed E-state index contributed by atoms with van der Waals surface area (Å²) < 4.78 is 0. The Morgan fingerprint density at radius 3 is 2.79 bits per heavy atom. The molecule has 130 valence electrons. The number of amides is 2. The summed E-state index contributed by atoms with van der Waals surface area (Å²) in [4.78, 5) is 24.2. The highest BCUT2D eigenvalue weighted by molar-refractivity contribution is 7.15. The van der Waals surface area contributed by atoms with Crippen LogP contribution in [0.1, 0.15) is 62.0 Å². The van der Waals surface area contributed by atoms with Gasteiger partial charge in [0.1, 0.15) is 5.82 Å². The third kappa shape index (κ3) is 3.75. The molecule has 0 radical (unpaired) electrons. The second kappa shape index (κ2) is 7.29. The molecule has 7 nitrogen and oxygen atoms in total. The van der Waals surface area contributed by atoms with E-state index in [0.29, 0.717) is 17.0 Å². The van der Waals surface area contributed by atoms with E-state index in [1.807, 2.05) is 11.1 Å². The average molecular weight is 348 g/mol. The standard InChI is InChI=1S/C16H24N6OS/c1-4-13-18-14(21-20-13)11-5-7-22(8-6-11)16(23)19-15-17-9-12(24-15)10(2)3/h9-11H,4-8H2,1-3H3,(H,17,19,23)(H,18,20,21). The van der Waals surface area contributed by atoms with Gasteiger partial charge in [-0.25, -0.2) is 14.8 Å². The number of aromatic amines is 1. The van der Waals surface area contributed by atoms with E-state index in [0.717, 1.165) is 44.0 Å². The molecule has 3 heterocycles. The lowest BCUT2D eigenvalue weighted by Crippen LogP contribution is -2.40. The van der Waals surface area contributed by atoms with Crippen molar-refractivity contribution < 1.29 is 4.79 Å².